The van der Waals surface area contributed by atoms with Gasteiger partial charge in [0.15, 0.2) is 5.13 Å². The van der Waals surface area contributed by atoms with Gasteiger partial charge in [-0.2, -0.15) is 0 Å². The number of hydrogen-bond donors (Lipinski definition) is 2. The molecule has 4 nitrogen and oxygen atoms in total. The molecule has 21 heavy (non-hydrogen) atoms. The van der Waals surface area contributed by atoms with Crippen molar-refractivity contribution in [3.8, 4) is 0 Å². The number of anilines is 1. The average molecular weight is 296 g/mol. The van der Waals surface area contributed by atoms with Crippen molar-refractivity contribution in [3.05, 3.63) is 54.4 Å². The number of nitrogens with zero attached hydrogens (tertiary/aromatic N) is 2. The van der Waals surface area contributed by atoms with Crippen molar-refractivity contribution in [1.82, 2.24) is 15.3 Å². The minimum absolute atomic E-state index is 0.376. The highest BCUT2D eigenvalue weighted by molar-refractivity contribution is 7.22. The zero-order valence-corrected chi connectivity index (χ0v) is 12.3. The van der Waals surface area contributed by atoms with Crippen LogP contribution in [0.5, 0.6) is 0 Å². The van der Waals surface area contributed by atoms with Gasteiger partial charge >= 0.3 is 0 Å². The summed E-state index contributed by atoms with van der Waals surface area (Å²) in [7, 11) is 0. The number of rotatable bonds is 3. The third-order valence-corrected chi connectivity index (χ3v) is 4.91. The summed E-state index contributed by atoms with van der Waals surface area (Å²) in [6.07, 6.45) is 3.63. The molecular weight excluding hydrogens is 280 g/mol. The lowest BCUT2D eigenvalue weighted by Gasteiger charge is -2.19. The van der Waals surface area contributed by atoms with Crippen LogP contribution < -0.4 is 10.6 Å². The number of pyridine rings is 1. The van der Waals surface area contributed by atoms with Crippen LogP contribution in [0.2, 0.25) is 0 Å². The molecule has 1 aliphatic rings. The maximum absolute atomic E-state index is 4.62. The summed E-state index contributed by atoms with van der Waals surface area (Å²) in [5.74, 6) is 0.483. The van der Waals surface area contributed by atoms with Crippen LogP contribution in [0.15, 0.2) is 48.8 Å². The molecule has 1 aliphatic heterocycles. The van der Waals surface area contributed by atoms with Gasteiger partial charge in [0.2, 0.25) is 0 Å². The molecule has 3 heterocycles. The van der Waals surface area contributed by atoms with E-state index in [1.54, 1.807) is 11.3 Å². The fourth-order valence-corrected chi connectivity index (χ4v) is 3.78. The van der Waals surface area contributed by atoms with Crippen LogP contribution in [0.3, 0.4) is 0 Å². The molecule has 1 aromatic carbocycles. The minimum atomic E-state index is 0.376. The fraction of sp³-hybridized carbons (Fsp3) is 0.250. The Hall–Kier alpha value is -1.98. The first-order chi connectivity index (χ1) is 10.4. The Morgan fingerprint density at radius 3 is 2.90 bits per heavy atom. The van der Waals surface area contributed by atoms with Crippen LogP contribution in [0, 0.1) is 0 Å². The zero-order valence-electron chi connectivity index (χ0n) is 11.5. The molecule has 0 aliphatic carbocycles. The molecule has 2 atom stereocenters. The molecule has 2 N–H and O–H groups in total. The molecule has 0 radical (unpaired) electrons. The normalized spacial score (nSPS) is 21.7. The molecule has 0 spiro atoms. The Bertz CT molecular complexity index is 707. The van der Waals surface area contributed by atoms with Gasteiger partial charge in [-0.15, -0.1) is 0 Å². The first kappa shape index (κ1) is 12.7. The van der Waals surface area contributed by atoms with Crippen LogP contribution in [0.1, 0.15) is 11.5 Å². The lowest BCUT2D eigenvalue weighted by Crippen LogP contribution is -2.26. The highest BCUT2D eigenvalue weighted by atomic mass is 32.1. The Morgan fingerprint density at radius 1 is 1.14 bits per heavy atom. The van der Waals surface area contributed by atoms with E-state index < -0.39 is 0 Å². The van der Waals surface area contributed by atoms with Crippen molar-refractivity contribution in [2.45, 2.75) is 12.0 Å². The summed E-state index contributed by atoms with van der Waals surface area (Å²) in [5.41, 5.74) is 2.34. The number of aromatic nitrogens is 2. The topological polar surface area (TPSA) is 49.8 Å². The highest BCUT2D eigenvalue weighted by Gasteiger charge is 2.28. The lowest BCUT2D eigenvalue weighted by molar-refractivity contribution is 0.692. The number of benzene rings is 1. The predicted octanol–water partition coefficient (Wildman–Crippen LogP) is 2.86. The van der Waals surface area contributed by atoms with E-state index in [1.807, 2.05) is 18.5 Å². The monoisotopic (exact) mass is 296 g/mol. The lowest BCUT2D eigenvalue weighted by atomic mass is 9.94. The molecule has 1 saturated heterocycles. The molecule has 1 fully saturated rings. The van der Waals surface area contributed by atoms with Crippen LogP contribution in [0.4, 0.5) is 5.13 Å². The van der Waals surface area contributed by atoms with Crippen molar-refractivity contribution >= 4 is 26.7 Å². The number of hydrogen-bond acceptors (Lipinski definition) is 5. The van der Waals surface area contributed by atoms with Crippen LogP contribution in [-0.2, 0) is 0 Å². The van der Waals surface area contributed by atoms with E-state index in [2.05, 4.69) is 50.9 Å². The van der Waals surface area contributed by atoms with E-state index in [0.29, 0.717) is 12.0 Å². The van der Waals surface area contributed by atoms with E-state index >= 15 is 0 Å². The summed E-state index contributed by atoms with van der Waals surface area (Å²) < 4.78 is 1.18. The highest BCUT2D eigenvalue weighted by Crippen LogP contribution is 2.29. The van der Waals surface area contributed by atoms with Gasteiger partial charge in [0.05, 0.1) is 10.9 Å². The number of nitrogens with one attached hydrogen (secondary N) is 2. The van der Waals surface area contributed by atoms with Gasteiger partial charge in [0.1, 0.15) is 5.52 Å². The minimum Gasteiger partial charge on any atom is -0.357 e. The SMILES string of the molecule is c1ccc([C@@H]2CNCC2Nc2nc3cnccc3s2)cc1. The fourth-order valence-electron chi connectivity index (χ4n) is 2.88. The molecule has 4 rings (SSSR count). The standard InChI is InChI=1S/C16H16N4S/c1-2-4-11(5-3-1)12-8-18-9-13(12)19-16-20-14-10-17-7-6-15(14)21-16/h1-7,10,12-13,18H,8-9H2,(H,19,20)/t12-,13?/m0/s1. The third-order valence-electron chi connectivity index (χ3n) is 3.94. The summed E-state index contributed by atoms with van der Waals surface area (Å²) in [5, 5.41) is 8.05. The molecule has 2 aromatic heterocycles. The maximum Gasteiger partial charge on any atom is 0.184 e. The smallest absolute Gasteiger partial charge is 0.184 e. The molecule has 1 unspecified atom stereocenters. The third kappa shape index (κ3) is 2.50. The van der Waals surface area contributed by atoms with Gasteiger partial charge in [0, 0.05) is 31.2 Å². The second kappa shape index (κ2) is 5.42. The Balaban J connectivity index is 1.58. The number of thiazole rings is 1. The first-order valence-corrected chi connectivity index (χ1v) is 7.94. The van der Waals surface area contributed by atoms with Crippen LogP contribution in [-0.4, -0.2) is 29.1 Å². The predicted molar refractivity (Wildman–Crippen MR) is 86.9 cm³/mol. The van der Waals surface area contributed by atoms with Gasteiger partial charge in [0.25, 0.3) is 0 Å². The van der Waals surface area contributed by atoms with Crippen LogP contribution >= 0.6 is 11.3 Å². The Labute approximate surface area is 127 Å². The van der Waals surface area contributed by atoms with Gasteiger partial charge in [-0.3, -0.25) is 4.98 Å². The van der Waals surface area contributed by atoms with Crippen molar-refractivity contribution in [1.29, 1.82) is 0 Å². The Kier molecular flexibility index (Phi) is 3.29. The number of fused-ring (bicyclic) bond motifs is 1. The van der Waals surface area contributed by atoms with Crippen molar-refractivity contribution in [2.75, 3.05) is 18.4 Å². The van der Waals surface area contributed by atoms with Crippen molar-refractivity contribution in [2.24, 2.45) is 0 Å². The summed E-state index contributed by atoms with van der Waals surface area (Å²) in [6, 6.07) is 13.1. The molecule has 0 amide bonds. The summed E-state index contributed by atoms with van der Waals surface area (Å²) in [6.45, 7) is 1.97. The molecule has 0 saturated carbocycles. The van der Waals surface area contributed by atoms with Gasteiger partial charge in [-0.25, -0.2) is 4.98 Å². The van der Waals surface area contributed by atoms with E-state index in [0.717, 1.165) is 23.7 Å². The molecule has 3 aromatic rings. The maximum atomic E-state index is 4.62. The van der Waals surface area contributed by atoms with Crippen molar-refractivity contribution < 1.29 is 0 Å². The summed E-state index contributed by atoms with van der Waals surface area (Å²) in [4.78, 5) is 8.75. The molecule has 5 heteroatoms. The summed E-state index contributed by atoms with van der Waals surface area (Å²) >= 11 is 1.69. The second-order valence-corrected chi connectivity index (χ2v) is 6.32. The zero-order chi connectivity index (χ0) is 14.1. The van der Waals surface area contributed by atoms with Gasteiger partial charge in [-0.05, 0) is 11.6 Å². The van der Waals surface area contributed by atoms with Crippen LogP contribution in [0.25, 0.3) is 10.2 Å². The second-order valence-electron chi connectivity index (χ2n) is 5.29. The largest absolute Gasteiger partial charge is 0.357 e. The molecule has 0 bridgehead atoms. The van der Waals surface area contributed by atoms with E-state index in [-0.39, 0.29) is 0 Å². The Morgan fingerprint density at radius 2 is 2.05 bits per heavy atom. The van der Waals surface area contributed by atoms with E-state index in [4.69, 9.17) is 0 Å². The van der Waals surface area contributed by atoms with Gasteiger partial charge in [-0.1, -0.05) is 41.7 Å². The van der Waals surface area contributed by atoms with E-state index in [9.17, 15) is 0 Å². The molecular formula is C16H16N4S. The quantitative estimate of drug-likeness (QED) is 0.780. The first-order valence-electron chi connectivity index (χ1n) is 7.13. The average Bonchev–Trinajstić information content (AvgIpc) is 3.14. The van der Waals surface area contributed by atoms with E-state index in [1.165, 1.54) is 10.3 Å². The van der Waals surface area contributed by atoms with Gasteiger partial charge < -0.3 is 10.6 Å². The molecule has 106 valence electrons. The van der Waals surface area contributed by atoms with Crippen molar-refractivity contribution in [3.63, 3.8) is 0 Å².